The Morgan fingerprint density at radius 1 is 1.60 bits per heavy atom. The first kappa shape index (κ1) is 7.50. The highest BCUT2D eigenvalue weighted by atomic mass is 16.3. The molecule has 0 aliphatic carbocycles. The Morgan fingerprint density at radius 3 is 2.80 bits per heavy atom. The highest BCUT2D eigenvalue weighted by molar-refractivity contribution is 5.47. The molecule has 0 unspecified atom stereocenters. The lowest BCUT2D eigenvalue weighted by Gasteiger charge is -2.33. The Hall–Kier alpha value is -0.610. The monoisotopic (exact) mass is 144 g/mol. The molecule has 1 fully saturated rings. The minimum absolute atomic E-state index is 0.385. The molecule has 0 aromatic heterocycles. The summed E-state index contributed by atoms with van der Waals surface area (Å²) in [4.78, 5) is 13.7. The van der Waals surface area contributed by atoms with Gasteiger partial charge in [0.25, 0.3) is 0 Å². The number of β-amino-alcohol motifs (C(OH)–C–C–N with tert-alkyl or cyclic N) is 1. The van der Waals surface area contributed by atoms with Crippen LogP contribution in [0, 0.1) is 0 Å². The van der Waals surface area contributed by atoms with Gasteiger partial charge < -0.3 is 10.0 Å². The van der Waals surface area contributed by atoms with Crippen LogP contribution in [0.3, 0.4) is 0 Å². The fourth-order valence-corrected chi connectivity index (χ4v) is 1.19. The Morgan fingerprint density at radius 2 is 2.30 bits per heavy atom. The van der Waals surface area contributed by atoms with Gasteiger partial charge in [-0.2, -0.15) is 0 Å². The van der Waals surface area contributed by atoms with E-state index in [0.717, 1.165) is 6.41 Å². The van der Waals surface area contributed by atoms with Crippen LogP contribution in [-0.2, 0) is 4.79 Å². The van der Waals surface area contributed by atoms with Crippen LogP contribution in [0.25, 0.3) is 0 Å². The third-order valence-electron chi connectivity index (χ3n) is 1.54. The minimum Gasteiger partial charge on any atom is -0.390 e. The van der Waals surface area contributed by atoms with Crippen LogP contribution in [0.5, 0.6) is 0 Å². The summed E-state index contributed by atoms with van der Waals surface area (Å²) in [5.74, 6) is 0. The maximum absolute atomic E-state index is 10.2. The van der Waals surface area contributed by atoms with E-state index in [9.17, 15) is 4.79 Å². The van der Waals surface area contributed by atoms with Gasteiger partial charge in [-0.3, -0.25) is 9.69 Å². The molecule has 0 aromatic carbocycles. The summed E-state index contributed by atoms with van der Waals surface area (Å²) in [6.45, 7) is 1.75. The van der Waals surface area contributed by atoms with Gasteiger partial charge >= 0.3 is 0 Å². The van der Waals surface area contributed by atoms with Crippen molar-refractivity contribution in [2.75, 3.05) is 26.8 Å². The average Bonchev–Trinajstić information content (AvgIpc) is 1.85. The number of aliphatic hydroxyl groups excluding tert-OH is 1. The van der Waals surface area contributed by atoms with Crippen molar-refractivity contribution < 1.29 is 9.90 Å². The van der Waals surface area contributed by atoms with Crippen molar-refractivity contribution in [3.63, 3.8) is 0 Å². The first-order valence-electron chi connectivity index (χ1n) is 3.28. The summed E-state index contributed by atoms with van der Waals surface area (Å²) >= 11 is 0. The van der Waals surface area contributed by atoms with E-state index in [4.69, 9.17) is 5.11 Å². The molecule has 1 atom stereocenters. The number of carbonyl (C=O) groups is 1. The SMILES string of the molecule is CN1C[C@H](O)CN(C=O)C1. The van der Waals surface area contributed by atoms with E-state index in [2.05, 4.69) is 0 Å². The van der Waals surface area contributed by atoms with Gasteiger partial charge in [0.15, 0.2) is 0 Å². The summed E-state index contributed by atoms with van der Waals surface area (Å²) in [6, 6.07) is 0. The van der Waals surface area contributed by atoms with Crippen molar-refractivity contribution in [2.24, 2.45) is 0 Å². The van der Waals surface area contributed by atoms with Crippen LogP contribution in [0.1, 0.15) is 0 Å². The number of rotatable bonds is 1. The molecule has 1 amide bonds. The first-order chi connectivity index (χ1) is 4.72. The van der Waals surface area contributed by atoms with Gasteiger partial charge in [0.2, 0.25) is 6.41 Å². The molecule has 0 radical (unpaired) electrons. The van der Waals surface area contributed by atoms with E-state index in [0.29, 0.717) is 19.8 Å². The number of hydrogen-bond donors (Lipinski definition) is 1. The van der Waals surface area contributed by atoms with Crippen molar-refractivity contribution in [1.82, 2.24) is 9.80 Å². The summed E-state index contributed by atoms with van der Waals surface area (Å²) in [6.07, 6.45) is 0.378. The molecule has 1 saturated heterocycles. The molecule has 10 heavy (non-hydrogen) atoms. The lowest BCUT2D eigenvalue weighted by molar-refractivity contribution is -0.124. The second kappa shape index (κ2) is 2.98. The molecule has 0 saturated carbocycles. The molecule has 0 bridgehead atoms. The number of hydrogen-bond acceptors (Lipinski definition) is 3. The highest BCUT2D eigenvalue weighted by Gasteiger charge is 2.19. The predicted molar refractivity (Wildman–Crippen MR) is 36.3 cm³/mol. The van der Waals surface area contributed by atoms with Crippen LogP contribution in [0.2, 0.25) is 0 Å². The summed E-state index contributed by atoms with van der Waals surface area (Å²) < 4.78 is 0. The van der Waals surface area contributed by atoms with E-state index in [1.54, 1.807) is 4.90 Å². The zero-order valence-electron chi connectivity index (χ0n) is 6.03. The third kappa shape index (κ3) is 1.68. The van der Waals surface area contributed by atoms with Gasteiger partial charge in [-0.1, -0.05) is 0 Å². The maximum Gasteiger partial charge on any atom is 0.210 e. The standard InChI is InChI=1S/C6H12N2O2/c1-7-2-6(10)3-8(4-7)5-9/h5-6,10H,2-4H2,1H3/t6-/m0/s1. The molecule has 4 nitrogen and oxygen atoms in total. The average molecular weight is 144 g/mol. The Bertz CT molecular complexity index is 119. The van der Waals surface area contributed by atoms with Gasteiger partial charge in [-0.05, 0) is 7.05 Å². The van der Waals surface area contributed by atoms with Crippen molar-refractivity contribution in [2.45, 2.75) is 6.10 Å². The Kier molecular flexibility index (Phi) is 2.24. The largest absolute Gasteiger partial charge is 0.390 e. The molecule has 1 aliphatic rings. The van der Waals surface area contributed by atoms with Gasteiger partial charge in [0.1, 0.15) is 0 Å². The second-order valence-corrected chi connectivity index (χ2v) is 2.71. The number of amides is 1. The van der Waals surface area contributed by atoms with E-state index < -0.39 is 0 Å². The number of aliphatic hydroxyl groups is 1. The van der Waals surface area contributed by atoms with Gasteiger partial charge in [-0.25, -0.2) is 0 Å². The van der Waals surface area contributed by atoms with Crippen LogP contribution in [0.15, 0.2) is 0 Å². The fraction of sp³-hybridized carbons (Fsp3) is 0.833. The van der Waals surface area contributed by atoms with E-state index in [-0.39, 0.29) is 6.10 Å². The van der Waals surface area contributed by atoms with Crippen molar-refractivity contribution >= 4 is 6.41 Å². The lowest BCUT2D eigenvalue weighted by Crippen LogP contribution is -2.49. The normalized spacial score (nSPS) is 28.6. The maximum atomic E-state index is 10.2. The quantitative estimate of drug-likeness (QED) is 0.466. The number of carbonyl (C=O) groups excluding carboxylic acids is 1. The van der Waals surface area contributed by atoms with E-state index in [1.807, 2.05) is 11.9 Å². The Balaban J connectivity index is 2.42. The minimum atomic E-state index is -0.385. The number of likely N-dealkylation sites (N-methyl/N-ethyl adjacent to an activating group) is 1. The molecule has 58 valence electrons. The second-order valence-electron chi connectivity index (χ2n) is 2.71. The zero-order valence-corrected chi connectivity index (χ0v) is 6.03. The van der Waals surface area contributed by atoms with Crippen LogP contribution < -0.4 is 0 Å². The molecule has 0 spiro atoms. The van der Waals surface area contributed by atoms with Crippen LogP contribution >= 0.6 is 0 Å². The highest BCUT2D eigenvalue weighted by Crippen LogP contribution is 2.00. The fourth-order valence-electron chi connectivity index (χ4n) is 1.19. The van der Waals surface area contributed by atoms with Crippen molar-refractivity contribution in [1.29, 1.82) is 0 Å². The molecule has 0 aromatic rings. The van der Waals surface area contributed by atoms with Gasteiger partial charge in [0.05, 0.1) is 12.8 Å². The molecular weight excluding hydrogens is 132 g/mol. The van der Waals surface area contributed by atoms with Crippen LogP contribution in [-0.4, -0.2) is 54.2 Å². The topological polar surface area (TPSA) is 43.8 Å². The van der Waals surface area contributed by atoms with E-state index in [1.165, 1.54) is 0 Å². The number of nitrogens with zero attached hydrogens (tertiary/aromatic N) is 2. The summed E-state index contributed by atoms with van der Waals surface area (Å²) in [5, 5.41) is 9.14. The Labute approximate surface area is 60.0 Å². The molecule has 4 heteroatoms. The van der Waals surface area contributed by atoms with Crippen molar-refractivity contribution in [3.05, 3.63) is 0 Å². The smallest absolute Gasteiger partial charge is 0.210 e. The molecule has 1 aliphatic heterocycles. The predicted octanol–water partition coefficient (Wildman–Crippen LogP) is -1.29. The molecule has 1 N–H and O–H groups in total. The third-order valence-corrected chi connectivity index (χ3v) is 1.54. The van der Waals surface area contributed by atoms with Gasteiger partial charge in [0, 0.05) is 13.1 Å². The van der Waals surface area contributed by atoms with Crippen molar-refractivity contribution in [3.8, 4) is 0 Å². The van der Waals surface area contributed by atoms with Gasteiger partial charge in [-0.15, -0.1) is 0 Å². The molecular formula is C6H12N2O2. The van der Waals surface area contributed by atoms with Crippen LogP contribution in [0.4, 0.5) is 0 Å². The lowest BCUT2D eigenvalue weighted by atomic mass is 10.3. The molecule has 1 rings (SSSR count). The van der Waals surface area contributed by atoms with E-state index >= 15 is 0 Å². The summed E-state index contributed by atoms with van der Waals surface area (Å²) in [7, 11) is 1.87. The first-order valence-corrected chi connectivity index (χ1v) is 3.28. The molecule has 1 heterocycles. The zero-order chi connectivity index (χ0) is 7.56. The summed E-state index contributed by atoms with van der Waals surface area (Å²) in [5.41, 5.74) is 0.